The van der Waals surface area contributed by atoms with Crippen LogP contribution in [-0.2, 0) is 6.42 Å². The van der Waals surface area contributed by atoms with Crippen LogP contribution in [0.3, 0.4) is 0 Å². The Morgan fingerprint density at radius 1 is 1.53 bits per heavy atom. The van der Waals surface area contributed by atoms with Gasteiger partial charge in [0.2, 0.25) is 0 Å². The van der Waals surface area contributed by atoms with E-state index in [9.17, 15) is 4.79 Å². The SMILES string of the molecule is CCc1onc(C)c1NC(=O)c1ccnn1C(C)C. The second-order valence-electron chi connectivity index (χ2n) is 4.63. The Morgan fingerprint density at radius 2 is 2.26 bits per heavy atom. The predicted molar refractivity (Wildman–Crippen MR) is 71.2 cm³/mol. The normalized spacial score (nSPS) is 11.0. The highest BCUT2D eigenvalue weighted by Crippen LogP contribution is 2.21. The van der Waals surface area contributed by atoms with Crippen LogP contribution in [0.5, 0.6) is 0 Å². The summed E-state index contributed by atoms with van der Waals surface area (Å²) in [7, 11) is 0. The zero-order valence-corrected chi connectivity index (χ0v) is 11.6. The van der Waals surface area contributed by atoms with Gasteiger partial charge in [-0.25, -0.2) is 0 Å². The van der Waals surface area contributed by atoms with Gasteiger partial charge in [-0.15, -0.1) is 0 Å². The monoisotopic (exact) mass is 262 g/mol. The van der Waals surface area contributed by atoms with Crippen LogP contribution in [0, 0.1) is 6.92 Å². The first-order valence-electron chi connectivity index (χ1n) is 6.34. The molecular formula is C13H18N4O2. The molecule has 0 saturated heterocycles. The van der Waals surface area contributed by atoms with Crippen molar-refractivity contribution < 1.29 is 9.32 Å². The Balaban J connectivity index is 2.26. The smallest absolute Gasteiger partial charge is 0.274 e. The quantitative estimate of drug-likeness (QED) is 0.919. The molecule has 19 heavy (non-hydrogen) atoms. The molecule has 0 radical (unpaired) electrons. The first-order chi connectivity index (χ1) is 9.04. The molecule has 1 amide bonds. The van der Waals surface area contributed by atoms with Gasteiger partial charge in [-0.1, -0.05) is 12.1 Å². The maximum absolute atomic E-state index is 12.3. The van der Waals surface area contributed by atoms with Crippen molar-refractivity contribution >= 4 is 11.6 Å². The van der Waals surface area contributed by atoms with Crippen molar-refractivity contribution in [2.45, 2.75) is 40.2 Å². The average molecular weight is 262 g/mol. The molecule has 6 nitrogen and oxygen atoms in total. The summed E-state index contributed by atoms with van der Waals surface area (Å²) in [6, 6.07) is 1.83. The summed E-state index contributed by atoms with van der Waals surface area (Å²) in [5.41, 5.74) is 1.86. The maximum atomic E-state index is 12.3. The third-order valence-electron chi connectivity index (χ3n) is 2.89. The molecular weight excluding hydrogens is 244 g/mol. The van der Waals surface area contributed by atoms with Gasteiger partial charge < -0.3 is 9.84 Å². The van der Waals surface area contributed by atoms with Gasteiger partial charge in [-0.2, -0.15) is 5.10 Å². The van der Waals surface area contributed by atoms with Crippen LogP contribution in [0.4, 0.5) is 5.69 Å². The summed E-state index contributed by atoms with van der Waals surface area (Å²) in [5.74, 6) is 0.480. The molecule has 2 aromatic rings. The van der Waals surface area contributed by atoms with Crippen molar-refractivity contribution in [2.75, 3.05) is 5.32 Å². The Kier molecular flexibility index (Phi) is 3.69. The van der Waals surface area contributed by atoms with Crippen molar-refractivity contribution in [1.82, 2.24) is 14.9 Å². The van der Waals surface area contributed by atoms with Crippen LogP contribution < -0.4 is 5.32 Å². The molecule has 0 aromatic carbocycles. The van der Waals surface area contributed by atoms with Gasteiger partial charge in [0.05, 0.1) is 0 Å². The Labute approximate surface area is 111 Å². The van der Waals surface area contributed by atoms with Gasteiger partial charge in [0.25, 0.3) is 5.91 Å². The lowest BCUT2D eigenvalue weighted by Gasteiger charge is -2.11. The van der Waals surface area contributed by atoms with Crippen molar-refractivity contribution in [3.63, 3.8) is 0 Å². The molecule has 1 N–H and O–H groups in total. The number of aromatic nitrogens is 3. The zero-order valence-electron chi connectivity index (χ0n) is 11.6. The van der Waals surface area contributed by atoms with Crippen LogP contribution in [0.25, 0.3) is 0 Å². The summed E-state index contributed by atoms with van der Waals surface area (Å²) in [6.07, 6.45) is 2.30. The number of rotatable bonds is 4. The lowest BCUT2D eigenvalue weighted by atomic mass is 10.2. The standard InChI is InChI=1S/C13H18N4O2/c1-5-11-12(9(4)16-19-11)15-13(18)10-6-7-14-17(10)8(2)3/h6-8H,5H2,1-4H3,(H,15,18). The summed E-state index contributed by atoms with van der Waals surface area (Å²) in [5, 5.41) is 10.9. The van der Waals surface area contributed by atoms with Gasteiger partial charge in [0, 0.05) is 18.7 Å². The molecule has 0 spiro atoms. The average Bonchev–Trinajstić information content (AvgIpc) is 2.97. The largest absolute Gasteiger partial charge is 0.359 e. The summed E-state index contributed by atoms with van der Waals surface area (Å²) < 4.78 is 6.84. The van der Waals surface area contributed by atoms with E-state index in [4.69, 9.17) is 4.52 Å². The van der Waals surface area contributed by atoms with E-state index in [2.05, 4.69) is 15.6 Å². The minimum Gasteiger partial charge on any atom is -0.359 e. The topological polar surface area (TPSA) is 73.0 Å². The third kappa shape index (κ3) is 2.52. The molecule has 102 valence electrons. The van der Waals surface area contributed by atoms with E-state index in [1.807, 2.05) is 20.8 Å². The zero-order chi connectivity index (χ0) is 14.0. The van der Waals surface area contributed by atoms with Crippen molar-refractivity contribution in [3.8, 4) is 0 Å². The number of aryl methyl sites for hydroxylation is 2. The first-order valence-corrected chi connectivity index (χ1v) is 6.34. The second-order valence-corrected chi connectivity index (χ2v) is 4.63. The van der Waals surface area contributed by atoms with E-state index in [0.717, 1.165) is 0 Å². The van der Waals surface area contributed by atoms with Gasteiger partial charge in [-0.3, -0.25) is 9.48 Å². The highest BCUT2D eigenvalue weighted by atomic mass is 16.5. The third-order valence-corrected chi connectivity index (χ3v) is 2.89. The molecule has 2 aromatic heterocycles. The minimum absolute atomic E-state index is 0.130. The summed E-state index contributed by atoms with van der Waals surface area (Å²) in [6.45, 7) is 7.71. The molecule has 0 aliphatic heterocycles. The van der Waals surface area contributed by atoms with Crippen LogP contribution in [0.1, 0.15) is 48.8 Å². The lowest BCUT2D eigenvalue weighted by Crippen LogP contribution is -2.19. The highest BCUT2D eigenvalue weighted by molar-refractivity contribution is 6.03. The maximum Gasteiger partial charge on any atom is 0.274 e. The fourth-order valence-corrected chi connectivity index (χ4v) is 1.90. The number of nitrogens with zero attached hydrogens (tertiary/aromatic N) is 3. The summed E-state index contributed by atoms with van der Waals surface area (Å²) >= 11 is 0. The fraction of sp³-hybridized carbons (Fsp3) is 0.462. The Bertz CT molecular complexity index is 583. The minimum atomic E-state index is -0.202. The number of hydrogen-bond donors (Lipinski definition) is 1. The lowest BCUT2D eigenvalue weighted by molar-refractivity contribution is 0.101. The predicted octanol–water partition coefficient (Wildman–Crippen LogP) is 2.58. The number of nitrogens with one attached hydrogen (secondary N) is 1. The number of anilines is 1. The van der Waals surface area contributed by atoms with Crippen molar-refractivity contribution in [3.05, 3.63) is 29.4 Å². The molecule has 2 rings (SSSR count). The Hall–Kier alpha value is -2.11. The molecule has 0 aliphatic rings. The summed E-state index contributed by atoms with van der Waals surface area (Å²) in [4.78, 5) is 12.3. The van der Waals surface area contributed by atoms with Crippen LogP contribution in [0.15, 0.2) is 16.8 Å². The Morgan fingerprint density at radius 3 is 2.89 bits per heavy atom. The molecule has 0 saturated carbocycles. The molecule has 2 heterocycles. The van der Waals surface area contributed by atoms with E-state index in [1.165, 1.54) is 0 Å². The number of carbonyl (C=O) groups excluding carboxylic acids is 1. The van der Waals surface area contributed by atoms with E-state index in [1.54, 1.807) is 23.9 Å². The van der Waals surface area contributed by atoms with Crippen LogP contribution in [0.2, 0.25) is 0 Å². The van der Waals surface area contributed by atoms with Crippen molar-refractivity contribution in [2.24, 2.45) is 0 Å². The molecule has 0 unspecified atom stereocenters. The number of hydrogen-bond acceptors (Lipinski definition) is 4. The second kappa shape index (κ2) is 5.26. The molecule has 0 bridgehead atoms. The van der Waals surface area contributed by atoms with E-state index in [0.29, 0.717) is 29.3 Å². The fourth-order valence-electron chi connectivity index (χ4n) is 1.90. The van der Waals surface area contributed by atoms with Gasteiger partial charge in [0.15, 0.2) is 5.76 Å². The first kappa shape index (κ1) is 13.3. The van der Waals surface area contributed by atoms with E-state index < -0.39 is 0 Å². The van der Waals surface area contributed by atoms with Crippen LogP contribution in [-0.4, -0.2) is 20.8 Å². The molecule has 0 atom stereocenters. The van der Waals surface area contributed by atoms with Crippen LogP contribution >= 0.6 is 0 Å². The molecule has 0 aliphatic carbocycles. The van der Waals surface area contributed by atoms with Gasteiger partial charge in [0.1, 0.15) is 17.1 Å². The number of carbonyl (C=O) groups is 1. The van der Waals surface area contributed by atoms with Gasteiger partial charge in [-0.05, 0) is 26.8 Å². The van der Waals surface area contributed by atoms with Gasteiger partial charge >= 0.3 is 0 Å². The molecule has 0 fully saturated rings. The van der Waals surface area contributed by atoms with E-state index >= 15 is 0 Å². The van der Waals surface area contributed by atoms with E-state index in [-0.39, 0.29) is 11.9 Å². The molecule has 6 heteroatoms. The number of amides is 1. The van der Waals surface area contributed by atoms with Crippen molar-refractivity contribution in [1.29, 1.82) is 0 Å². The highest BCUT2D eigenvalue weighted by Gasteiger charge is 2.18.